The first kappa shape index (κ1) is 17.5. The molecule has 6 heteroatoms. The van der Waals surface area contributed by atoms with Crippen LogP contribution in [0.15, 0.2) is 18.3 Å². The molecule has 2 saturated heterocycles. The highest BCUT2D eigenvalue weighted by molar-refractivity contribution is 5.93. The van der Waals surface area contributed by atoms with Gasteiger partial charge in [-0.2, -0.15) is 0 Å². The maximum absolute atomic E-state index is 13.0. The van der Waals surface area contributed by atoms with Gasteiger partial charge in [0.05, 0.1) is 19.8 Å². The first-order valence-electron chi connectivity index (χ1n) is 8.97. The zero-order valence-corrected chi connectivity index (χ0v) is 14.8. The molecular formula is C18H29N3O3. The van der Waals surface area contributed by atoms with E-state index >= 15 is 0 Å². The highest BCUT2D eigenvalue weighted by Gasteiger charge is 2.37. The second-order valence-corrected chi connectivity index (χ2v) is 7.38. The van der Waals surface area contributed by atoms with E-state index in [0.29, 0.717) is 38.5 Å². The van der Waals surface area contributed by atoms with E-state index in [2.05, 4.69) is 18.7 Å². The van der Waals surface area contributed by atoms with Crippen LogP contribution in [-0.4, -0.2) is 76.9 Å². The lowest BCUT2D eigenvalue weighted by Crippen LogP contribution is -2.53. The lowest BCUT2D eigenvalue weighted by atomic mass is 10.0. The van der Waals surface area contributed by atoms with Gasteiger partial charge in [-0.25, -0.2) is 0 Å². The van der Waals surface area contributed by atoms with Crippen molar-refractivity contribution in [2.24, 2.45) is 0 Å². The molecule has 1 unspecified atom stereocenters. The van der Waals surface area contributed by atoms with E-state index in [4.69, 9.17) is 4.74 Å². The summed E-state index contributed by atoms with van der Waals surface area (Å²) in [5.41, 5.74) is -0.318. The summed E-state index contributed by atoms with van der Waals surface area (Å²) in [6.45, 7) is 8.34. The van der Waals surface area contributed by atoms with E-state index < -0.39 is 5.60 Å². The van der Waals surface area contributed by atoms with Gasteiger partial charge in [0.15, 0.2) is 0 Å². The zero-order chi connectivity index (χ0) is 17.2. The number of amides is 1. The molecule has 1 atom stereocenters. The molecule has 1 amide bonds. The van der Waals surface area contributed by atoms with E-state index in [9.17, 15) is 9.90 Å². The fourth-order valence-corrected chi connectivity index (χ4v) is 3.73. The first-order valence-corrected chi connectivity index (χ1v) is 8.97. The lowest BCUT2D eigenvalue weighted by Gasteiger charge is -2.34. The molecule has 1 aromatic heterocycles. The van der Waals surface area contributed by atoms with E-state index in [1.807, 2.05) is 22.9 Å². The number of carbonyl (C=O) groups excluding carboxylic acids is 1. The van der Waals surface area contributed by atoms with Crippen molar-refractivity contribution in [3.63, 3.8) is 0 Å². The Labute approximate surface area is 144 Å². The molecule has 2 aliphatic heterocycles. The second-order valence-electron chi connectivity index (χ2n) is 7.38. The molecule has 0 spiro atoms. The molecule has 3 heterocycles. The molecule has 2 aliphatic rings. The second kappa shape index (κ2) is 7.25. The fourth-order valence-electron chi connectivity index (χ4n) is 3.73. The van der Waals surface area contributed by atoms with Crippen LogP contribution in [0.5, 0.6) is 0 Å². The number of hydrogen-bond donors (Lipinski definition) is 1. The minimum absolute atomic E-state index is 0.0287. The average molecular weight is 335 g/mol. The Morgan fingerprint density at radius 3 is 2.79 bits per heavy atom. The Balaban J connectivity index is 1.74. The van der Waals surface area contributed by atoms with Crippen molar-refractivity contribution in [1.29, 1.82) is 0 Å². The van der Waals surface area contributed by atoms with Crippen LogP contribution in [0.2, 0.25) is 0 Å². The largest absolute Gasteiger partial charge is 0.384 e. The highest BCUT2D eigenvalue weighted by Crippen LogP contribution is 2.20. The number of aliphatic hydroxyl groups is 1. The molecule has 0 saturated carbocycles. The number of nitrogens with zero attached hydrogens (tertiary/aromatic N) is 3. The third-order valence-corrected chi connectivity index (χ3v) is 4.92. The van der Waals surface area contributed by atoms with Gasteiger partial charge < -0.3 is 24.2 Å². The maximum atomic E-state index is 13.0. The summed E-state index contributed by atoms with van der Waals surface area (Å²) in [6.07, 6.45) is 4.30. The Hall–Kier alpha value is -1.37. The highest BCUT2D eigenvalue weighted by atomic mass is 16.5. The van der Waals surface area contributed by atoms with Crippen LogP contribution in [0.1, 0.15) is 43.2 Å². The molecule has 24 heavy (non-hydrogen) atoms. The summed E-state index contributed by atoms with van der Waals surface area (Å²) in [5.74, 6) is -0.0287. The van der Waals surface area contributed by atoms with Crippen molar-refractivity contribution in [3.05, 3.63) is 24.0 Å². The van der Waals surface area contributed by atoms with Crippen molar-refractivity contribution in [2.45, 2.75) is 38.3 Å². The third-order valence-electron chi connectivity index (χ3n) is 4.92. The van der Waals surface area contributed by atoms with Gasteiger partial charge in [-0.15, -0.1) is 0 Å². The van der Waals surface area contributed by atoms with Crippen LogP contribution in [-0.2, 0) is 4.74 Å². The van der Waals surface area contributed by atoms with Crippen LogP contribution in [0.25, 0.3) is 0 Å². The van der Waals surface area contributed by atoms with Crippen molar-refractivity contribution in [2.75, 3.05) is 45.9 Å². The van der Waals surface area contributed by atoms with E-state index in [1.54, 1.807) is 4.90 Å². The van der Waals surface area contributed by atoms with Crippen LogP contribution in [0, 0.1) is 0 Å². The van der Waals surface area contributed by atoms with Crippen molar-refractivity contribution in [3.8, 4) is 0 Å². The van der Waals surface area contributed by atoms with Gasteiger partial charge in [0, 0.05) is 25.3 Å². The molecule has 6 nitrogen and oxygen atoms in total. The minimum Gasteiger partial charge on any atom is -0.384 e. The monoisotopic (exact) mass is 335 g/mol. The van der Waals surface area contributed by atoms with Gasteiger partial charge in [0.25, 0.3) is 5.91 Å². The summed E-state index contributed by atoms with van der Waals surface area (Å²) in [7, 11) is 0. The molecule has 3 rings (SSSR count). The zero-order valence-electron chi connectivity index (χ0n) is 14.8. The minimum atomic E-state index is -0.994. The topological polar surface area (TPSA) is 57.9 Å². The molecule has 0 aromatic carbocycles. The molecule has 2 fully saturated rings. The summed E-state index contributed by atoms with van der Waals surface area (Å²) in [5, 5.41) is 11.0. The molecule has 0 aliphatic carbocycles. The Morgan fingerprint density at radius 1 is 1.33 bits per heavy atom. The molecular weight excluding hydrogens is 306 g/mol. The number of carbonyl (C=O) groups is 1. The number of hydrogen-bond acceptors (Lipinski definition) is 4. The molecule has 134 valence electrons. The van der Waals surface area contributed by atoms with E-state index in [1.165, 1.54) is 12.8 Å². The van der Waals surface area contributed by atoms with Crippen molar-refractivity contribution >= 4 is 5.91 Å². The molecule has 1 N–H and O–H groups in total. The normalized spacial score (nSPS) is 26.1. The third kappa shape index (κ3) is 3.82. The van der Waals surface area contributed by atoms with E-state index in [0.717, 1.165) is 13.1 Å². The van der Waals surface area contributed by atoms with Crippen molar-refractivity contribution in [1.82, 2.24) is 14.4 Å². The SMILES string of the molecule is CC(C)n1cccc1C(=O)N1CCOCC(O)(CN2CCCC2)C1. The Bertz CT molecular complexity index is 566. The predicted octanol–water partition coefficient (Wildman–Crippen LogP) is 1.37. The molecule has 0 radical (unpaired) electrons. The van der Waals surface area contributed by atoms with Crippen LogP contribution in [0.4, 0.5) is 0 Å². The lowest BCUT2D eigenvalue weighted by molar-refractivity contribution is -0.0525. The number of β-amino-alcohol motifs (C(OH)–C–C–N with tert-alkyl or cyclic N) is 1. The average Bonchev–Trinajstić information content (AvgIpc) is 3.17. The smallest absolute Gasteiger partial charge is 0.270 e. The Morgan fingerprint density at radius 2 is 2.08 bits per heavy atom. The van der Waals surface area contributed by atoms with Gasteiger partial charge in [0.2, 0.25) is 0 Å². The fraction of sp³-hybridized carbons (Fsp3) is 0.722. The summed E-state index contributed by atoms with van der Waals surface area (Å²) in [6, 6.07) is 3.98. The number of rotatable bonds is 4. The van der Waals surface area contributed by atoms with Gasteiger partial charge in [-0.05, 0) is 51.9 Å². The van der Waals surface area contributed by atoms with Crippen LogP contribution < -0.4 is 0 Å². The molecule has 0 bridgehead atoms. The maximum Gasteiger partial charge on any atom is 0.270 e. The quantitative estimate of drug-likeness (QED) is 0.903. The van der Waals surface area contributed by atoms with E-state index in [-0.39, 0.29) is 11.9 Å². The summed E-state index contributed by atoms with van der Waals surface area (Å²) >= 11 is 0. The number of ether oxygens (including phenoxy) is 1. The first-order chi connectivity index (χ1) is 11.5. The molecule has 1 aromatic rings. The Kier molecular flexibility index (Phi) is 5.27. The number of aromatic nitrogens is 1. The van der Waals surface area contributed by atoms with Gasteiger partial charge in [-0.3, -0.25) is 4.79 Å². The van der Waals surface area contributed by atoms with Gasteiger partial charge >= 0.3 is 0 Å². The van der Waals surface area contributed by atoms with Gasteiger partial charge in [-0.1, -0.05) is 0 Å². The summed E-state index contributed by atoms with van der Waals surface area (Å²) in [4.78, 5) is 17.0. The predicted molar refractivity (Wildman–Crippen MR) is 92.2 cm³/mol. The number of likely N-dealkylation sites (tertiary alicyclic amines) is 1. The standard InChI is InChI=1S/C18H29N3O3/c1-15(2)21-9-5-6-16(21)17(22)20-10-11-24-14-18(23,13-20)12-19-7-3-4-8-19/h5-6,9,15,23H,3-4,7-8,10-14H2,1-2H3. The van der Waals surface area contributed by atoms with Crippen LogP contribution in [0.3, 0.4) is 0 Å². The van der Waals surface area contributed by atoms with Crippen LogP contribution >= 0.6 is 0 Å². The van der Waals surface area contributed by atoms with Crippen molar-refractivity contribution < 1.29 is 14.6 Å². The van der Waals surface area contributed by atoms with Gasteiger partial charge in [0.1, 0.15) is 11.3 Å². The summed E-state index contributed by atoms with van der Waals surface area (Å²) < 4.78 is 7.60.